The van der Waals surface area contributed by atoms with Gasteiger partial charge in [-0.2, -0.15) is 0 Å². The Morgan fingerprint density at radius 2 is 1.47 bits per heavy atom. The summed E-state index contributed by atoms with van der Waals surface area (Å²) in [7, 11) is 1.41. The Hall–Kier alpha value is -3.70. The van der Waals surface area contributed by atoms with Gasteiger partial charge in [0.2, 0.25) is 0 Å². The zero-order valence-electron chi connectivity index (χ0n) is 19.3. The van der Waals surface area contributed by atoms with Gasteiger partial charge in [0.05, 0.1) is 17.7 Å². The Morgan fingerprint density at radius 1 is 0.833 bits per heavy atom. The number of esters is 2. The number of hydrogen-bond acceptors (Lipinski definition) is 10. The lowest BCUT2D eigenvalue weighted by Gasteiger charge is -2.47. The van der Waals surface area contributed by atoms with Crippen LogP contribution in [0.4, 0.5) is 0 Å². The number of carbonyl (C=O) groups is 2. The molecule has 0 aliphatic carbocycles. The monoisotopic (exact) mass is 492 g/mol. The van der Waals surface area contributed by atoms with Gasteiger partial charge in [-0.1, -0.05) is 30.3 Å². The van der Waals surface area contributed by atoms with E-state index in [4.69, 9.17) is 28.4 Å². The van der Waals surface area contributed by atoms with Crippen LogP contribution in [0.2, 0.25) is 0 Å². The van der Waals surface area contributed by atoms with E-state index in [2.05, 4.69) is 9.97 Å². The van der Waals surface area contributed by atoms with Gasteiger partial charge in [-0.05, 0) is 24.3 Å². The van der Waals surface area contributed by atoms with E-state index in [0.29, 0.717) is 0 Å². The van der Waals surface area contributed by atoms with Crippen LogP contribution in [0, 0.1) is 0 Å². The highest BCUT2D eigenvalue weighted by molar-refractivity contribution is 5.90. The molecule has 186 valence electrons. The molecule has 36 heavy (non-hydrogen) atoms. The first-order valence-corrected chi connectivity index (χ1v) is 11.4. The molecule has 4 heterocycles. The van der Waals surface area contributed by atoms with Crippen molar-refractivity contribution in [2.24, 2.45) is 0 Å². The third kappa shape index (κ3) is 5.12. The summed E-state index contributed by atoms with van der Waals surface area (Å²) >= 11 is 0. The number of aromatic nitrogens is 2. The lowest BCUT2D eigenvalue weighted by atomic mass is 9.97. The molecule has 1 aromatic carbocycles. The van der Waals surface area contributed by atoms with Gasteiger partial charge in [-0.25, -0.2) is 9.59 Å². The molecule has 0 saturated carbocycles. The van der Waals surface area contributed by atoms with Crippen LogP contribution < -0.4 is 0 Å². The zero-order chi connectivity index (χ0) is 24.9. The highest BCUT2D eigenvalue weighted by atomic mass is 16.8. The van der Waals surface area contributed by atoms with E-state index in [0.717, 1.165) is 5.56 Å². The van der Waals surface area contributed by atoms with Gasteiger partial charge in [-0.3, -0.25) is 9.97 Å². The zero-order valence-corrected chi connectivity index (χ0v) is 19.3. The third-order valence-electron chi connectivity index (χ3n) is 5.87. The van der Waals surface area contributed by atoms with Crippen LogP contribution >= 0.6 is 0 Å². The summed E-state index contributed by atoms with van der Waals surface area (Å²) in [6.45, 7) is 0.147. The van der Waals surface area contributed by atoms with Crippen molar-refractivity contribution in [1.82, 2.24) is 9.97 Å². The topological polar surface area (TPSA) is 115 Å². The van der Waals surface area contributed by atoms with Gasteiger partial charge < -0.3 is 28.4 Å². The second kappa shape index (κ2) is 10.9. The largest absolute Gasteiger partial charge is 0.452 e. The molecule has 2 aromatic heterocycles. The van der Waals surface area contributed by atoms with Crippen LogP contribution in [0.1, 0.15) is 32.6 Å². The summed E-state index contributed by atoms with van der Waals surface area (Å²) in [5.41, 5.74) is 1.24. The Bertz CT molecular complexity index is 1160. The third-order valence-corrected chi connectivity index (χ3v) is 5.87. The van der Waals surface area contributed by atoms with E-state index >= 15 is 0 Å². The maximum Gasteiger partial charge on any atom is 0.340 e. The van der Waals surface area contributed by atoms with Crippen molar-refractivity contribution >= 4 is 11.9 Å². The fourth-order valence-electron chi connectivity index (χ4n) is 4.13. The summed E-state index contributed by atoms with van der Waals surface area (Å²) in [6.07, 6.45) is 0.413. The first-order valence-electron chi connectivity index (χ1n) is 11.4. The molecule has 0 bridgehead atoms. The molecular formula is C26H24N2O8. The number of rotatable bonds is 6. The number of methoxy groups -OCH3 is 1. The van der Waals surface area contributed by atoms with Crippen molar-refractivity contribution in [2.75, 3.05) is 13.7 Å². The molecule has 2 aliphatic rings. The van der Waals surface area contributed by atoms with Crippen LogP contribution in [-0.4, -0.2) is 66.3 Å². The lowest BCUT2D eigenvalue weighted by molar-refractivity contribution is -0.356. The van der Waals surface area contributed by atoms with Crippen LogP contribution in [0.3, 0.4) is 0 Å². The summed E-state index contributed by atoms with van der Waals surface area (Å²) in [4.78, 5) is 33.9. The second-order valence-electron chi connectivity index (χ2n) is 8.18. The average Bonchev–Trinajstić information content (AvgIpc) is 2.95. The predicted molar refractivity (Wildman–Crippen MR) is 123 cm³/mol. The molecule has 2 saturated heterocycles. The van der Waals surface area contributed by atoms with Crippen molar-refractivity contribution in [3.05, 3.63) is 96.1 Å². The molecule has 2 aliphatic heterocycles. The molecule has 10 nitrogen and oxygen atoms in total. The highest BCUT2D eigenvalue weighted by Crippen LogP contribution is 2.37. The molecule has 5 rings (SSSR count). The number of hydrogen-bond donors (Lipinski definition) is 0. The molecule has 10 heteroatoms. The van der Waals surface area contributed by atoms with Crippen LogP contribution in [0.5, 0.6) is 0 Å². The number of fused-ring (bicyclic) bond motifs is 1. The van der Waals surface area contributed by atoms with E-state index in [9.17, 15) is 9.59 Å². The number of pyridine rings is 2. The fraction of sp³-hybridized carbons (Fsp3) is 0.308. The van der Waals surface area contributed by atoms with Crippen molar-refractivity contribution in [1.29, 1.82) is 0 Å². The summed E-state index contributed by atoms with van der Waals surface area (Å²) in [5, 5.41) is 0. The first kappa shape index (κ1) is 24.0. The first-order chi connectivity index (χ1) is 17.6. The molecular weight excluding hydrogens is 468 g/mol. The summed E-state index contributed by atoms with van der Waals surface area (Å²) < 4.78 is 35.3. The van der Waals surface area contributed by atoms with Crippen LogP contribution in [0.15, 0.2) is 79.4 Å². The van der Waals surface area contributed by atoms with E-state index in [1.54, 1.807) is 36.7 Å². The van der Waals surface area contributed by atoms with Gasteiger partial charge in [0.1, 0.15) is 12.2 Å². The van der Waals surface area contributed by atoms with Crippen molar-refractivity contribution in [3.8, 4) is 0 Å². The van der Waals surface area contributed by atoms with Gasteiger partial charge in [0.25, 0.3) is 0 Å². The average molecular weight is 492 g/mol. The van der Waals surface area contributed by atoms with Gasteiger partial charge in [0.15, 0.2) is 24.8 Å². The van der Waals surface area contributed by atoms with Crippen molar-refractivity contribution in [2.45, 2.75) is 37.0 Å². The second-order valence-corrected chi connectivity index (χ2v) is 8.18. The quantitative estimate of drug-likeness (QED) is 0.476. The Labute approximate surface area is 207 Å². The lowest BCUT2D eigenvalue weighted by Crippen LogP contribution is -2.64. The molecule has 0 spiro atoms. The minimum absolute atomic E-state index is 0.147. The Morgan fingerprint density at radius 3 is 2.06 bits per heavy atom. The van der Waals surface area contributed by atoms with Crippen LogP contribution in [0.25, 0.3) is 0 Å². The predicted octanol–water partition coefficient (Wildman–Crippen LogP) is 2.71. The van der Waals surface area contributed by atoms with Crippen LogP contribution in [-0.2, 0) is 28.4 Å². The summed E-state index contributed by atoms with van der Waals surface area (Å²) in [5.74, 6) is -1.33. The number of benzene rings is 1. The smallest absolute Gasteiger partial charge is 0.340 e. The molecule has 3 aromatic rings. The van der Waals surface area contributed by atoms with Gasteiger partial charge in [-0.15, -0.1) is 0 Å². The number of ether oxygens (including phenoxy) is 6. The molecule has 0 radical (unpaired) electrons. The highest BCUT2D eigenvalue weighted by Gasteiger charge is 2.54. The minimum atomic E-state index is -1.14. The standard InChI is InChI=1S/C26H24N2O8/c1-31-26-22(35-24(30)18-10-6-12-28-14-18)21(34-23(29)17-9-5-11-27-13-17)20-19(33-26)15-32-25(36-20)16-7-3-2-4-8-16/h2-14,19-22,25-26H,15H2,1H3/t19-,20-,21+,22-,25+,26+/m1/s1. The molecule has 0 amide bonds. The Kier molecular flexibility index (Phi) is 7.28. The molecule has 6 atom stereocenters. The van der Waals surface area contributed by atoms with Crippen molar-refractivity contribution < 1.29 is 38.0 Å². The molecule has 0 unspecified atom stereocenters. The Balaban J connectivity index is 1.46. The minimum Gasteiger partial charge on any atom is -0.452 e. The van der Waals surface area contributed by atoms with Crippen molar-refractivity contribution in [3.63, 3.8) is 0 Å². The number of nitrogens with zero attached hydrogens (tertiary/aromatic N) is 2. The SMILES string of the molecule is CO[C@H]1O[C@@H]2CO[C@H](c3ccccc3)O[C@H]2[C@H](OC(=O)c2cccnc2)[C@H]1OC(=O)c1cccnc1. The molecule has 0 N–H and O–H groups in total. The summed E-state index contributed by atoms with van der Waals surface area (Å²) in [6, 6.07) is 15.7. The van der Waals surface area contributed by atoms with E-state index in [-0.39, 0.29) is 17.7 Å². The van der Waals surface area contributed by atoms with E-state index in [1.165, 1.54) is 19.5 Å². The molecule has 2 fully saturated rings. The fourth-order valence-corrected chi connectivity index (χ4v) is 4.13. The van der Waals surface area contributed by atoms with E-state index in [1.807, 2.05) is 30.3 Å². The maximum atomic E-state index is 13.1. The van der Waals surface area contributed by atoms with Gasteiger partial charge in [0, 0.05) is 37.5 Å². The van der Waals surface area contributed by atoms with Gasteiger partial charge >= 0.3 is 11.9 Å². The van der Waals surface area contributed by atoms with E-state index < -0.39 is 48.9 Å². The number of carbonyl (C=O) groups excluding carboxylic acids is 2. The maximum absolute atomic E-state index is 13.1. The normalized spacial score (nSPS) is 27.5.